The maximum atomic E-state index is 12.9. The molecule has 1 fully saturated rings. The molecule has 1 aliphatic heterocycles. The number of carbonyl (C=O) groups excluding carboxylic acids is 1. The van der Waals surface area contributed by atoms with Gasteiger partial charge in [-0.1, -0.05) is 0 Å². The third-order valence-electron chi connectivity index (χ3n) is 3.56. The number of pyridine rings is 1. The Morgan fingerprint density at radius 3 is 3.14 bits per heavy atom. The lowest BCUT2D eigenvalue weighted by molar-refractivity contribution is -0.00394. The molecule has 116 valence electrons. The van der Waals surface area contributed by atoms with Crippen molar-refractivity contribution in [3.05, 3.63) is 40.0 Å². The summed E-state index contributed by atoms with van der Waals surface area (Å²) in [6.07, 6.45) is 1.61. The van der Waals surface area contributed by atoms with Crippen LogP contribution in [0.25, 0.3) is 0 Å². The Morgan fingerprint density at radius 1 is 1.55 bits per heavy atom. The second-order valence-corrected chi connectivity index (χ2v) is 6.00. The van der Waals surface area contributed by atoms with Crippen LogP contribution in [-0.2, 0) is 4.74 Å². The highest BCUT2D eigenvalue weighted by Gasteiger charge is 2.32. The zero-order chi connectivity index (χ0) is 15.5. The maximum absolute atomic E-state index is 12.9. The number of aromatic nitrogens is 2. The van der Waals surface area contributed by atoms with E-state index in [1.807, 2.05) is 12.3 Å². The summed E-state index contributed by atoms with van der Waals surface area (Å²) < 4.78 is 10.7. The highest BCUT2D eigenvalue weighted by atomic mass is 32.1. The van der Waals surface area contributed by atoms with E-state index in [0.717, 1.165) is 10.7 Å². The van der Waals surface area contributed by atoms with Crippen LogP contribution >= 0.6 is 11.3 Å². The van der Waals surface area contributed by atoms with Crippen LogP contribution in [0.4, 0.5) is 0 Å². The summed E-state index contributed by atoms with van der Waals surface area (Å²) in [6.45, 7) is 3.46. The number of hydrogen-bond donors (Lipinski definition) is 0. The van der Waals surface area contributed by atoms with E-state index < -0.39 is 0 Å². The van der Waals surface area contributed by atoms with Crippen LogP contribution < -0.4 is 4.74 Å². The molecule has 2 aromatic heterocycles. The highest BCUT2D eigenvalue weighted by molar-refractivity contribution is 7.09. The van der Waals surface area contributed by atoms with E-state index in [1.54, 1.807) is 34.6 Å². The van der Waals surface area contributed by atoms with Gasteiger partial charge in [-0.2, -0.15) is 0 Å². The Bertz CT molecular complexity index is 674. The Morgan fingerprint density at radius 2 is 2.41 bits per heavy atom. The number of aryl methyl sites for hydroxylation is 1. The number of carbonyl (C=O) groups is 1. The lowest BCUT2D eigenvalue weighted by Gasteiger charge is -2.34. The molecule has 6 nitrogen and oxygen atoms in total. The standard InChI is InChI=1S/C15H17N3O3S/c1-10-17-12(9-22-10)13-8-21-7-6-18(13)15(19)11-4-3-5-16-14(11)20-2/h3-5,9,13H,6-8H2,1-2H3/t13-/m1/s1. The summed E-state index contributed by atoms with van der Waals surface area (Å²) in [7, 11) is 1.51. The maximum Gasteiger partial charge on any atom is 0.260 e. The smallest absolute Gasteiger partial charge is 0.260 e. The summed E-state index contributed by atoms with van der Waals surface area (Å²) in [5.74, 6) is 0.233. The van der Waals surface area contributed by atoms with E-state index in [2.05, 4.69) is 9.97 Å². The van der Waals surface area contributed by atoms with Crippen molar-refractivity contribution in [2.45, 2.75) is 13.0 Å². The summed E-state index contributed by atoms with van der Waals surface area (Å²) in [6, 6.07) is 3.29. The minimum absolute atomic E-state index is 0.107. The predicted molar refractivity (Wildman–Crippen MR) is 82.2 cm³/mol. The Kier molecular flexibility index (Phi) is 4.35. The molecule has 3 heterocycles. The van der Waals surface area contributed by atoms with E-state index in [1.165, 1.54) is 7.11 Å². The number of hydrogen-bond acceptors (Lipinski definition) is 6. The van der Waals surface area contributed by atoms with Gasteiger partial charge in [0.15, 0.2) is 0 Å². The molecule has 0 radical (unpaired) electrons. The average Bonchev–Trinajstić information content (AvgIpc) is 3.00. The third kappa shape index (κ3) is 2.82. The van der Waals surface area contributed by atoms with E-state index in [-0.39, 0.29) is 11.9 Å². The summed E-state index contributed by atoms with van der Waals surface area (Å²) in [5.41, 5.74) is 1.34. The van der Waals surface area contributed by atoms with Gasteiger partial charge in [0.1, 0.15) is 5.56 Å². The molecule has 1 atom stereocenters. The molecule has 7 heteroatoms. The predicted octanol–water partition coefficient (Wildman–Crippen LogP) is 2.07. The molecule has 1 aliphatic rings. The average molecular weight is 319 g/mol. The number of rotatable bonds is 3. The zero-order valence-electron chi connectivity index (χ0n) is 12.5. The molecule has 0 bridgehead atoms. The second-order valence-electron chi connectivity index (χ2n) is 4.94. The van der Waals surface area contributed by atoms with Crippen LogP contribution in [0.1, 0.15) is 27.1 Å². The van der Waals surface area contributed by atoms with Crippen LogP contribution in [0, 0.1) is 6.92 Å². The molecule has 0 aliphatic carbocycles. The third-order valence-corrected chi connectivity index (χ3v) is 4.35. The first kappa shape index (κ1) is 14.9. The molecular formula is C15H17N3O3S. The first-order valence-electron chi connectivity index (χ1n) is 7.00. The van der Waals surface area contributed by atoms with E-state index in [0.29, 0.717) is 31.2 Å². The van der Waals surface area contributed by atoms with Crippen molar-refractivity contribution in [1.29, 1.82) is 0 Å². The molecule has 1 saturated heterocycles. The van der Waals surface area contributed by atoms with Gasteiger partial charge in [-0.3, -0.25) is 4.79 Å². The number of morpholine rings is 1. The number of methoxy groups -OCH3 is 1. The number of thiazole rings is 1. The fraction of sp³-hybridized carbons (Fsp3) is 0.400. The van der Waals surface area contributed by atoms with Crippen LogP contribution in [0.5, 0.6) is 5.88 Å². The molecule has 3 rings (SSSR count). The summed E-state index contributed by atoms with van der Waals surface area (Å²) >= 11 is 1.57. The second kappa shape index (κ2) is 6.41. The van der Waals surface area contributed by atoms with Gasteiger partial charge in [-0.15, -0.1) is 11.3 Å². The fourth-order valence-corrected chi connectivity index (χ4v) is 3.16. The van der Waals surface area contributed by atoms with Crippen LogP contribution in [0.2, 0.25) is 0 Å². The molecular weight excluding hydrogens is 302 g/mol. The highest BCUT2D eigenvalue weighted by Crippen LogP contribution is 2.28. The summed E-state index contributed by atoms with van der Waals surface area (Å²) in [4.78, 5) is 23.3. The summed E-state index contributed by atoms with van der Waals surface area (Å²) in [5, 5.41) is 2.96. The van der Waals surface area contributed by atoms with Gasteiger partial charge >= 0.3 is 0 Å². The Labute approximate surface area is 132 Å². The van der Waals surface area contributed by atoms with E-state index in [9.17, 15) is 4.79 Å². The van der Waals surface area contributed by atoms with Gasteiger partial charge in [0, 0.05) is 18.1 Å². The van der Waals surface area contributed by atoms with Gasteiger partial charge in [-0.05, 0) is 19.1 Å². The first-order valence-corrected chi connectivity index (χ1v) is 7.88. The van der Waals surface area contributed by atoms with Gasteiger partial charge in [0.25, 0.3) is 5.91 Å². The van der Waals surface area contributed by atoms with Gasteiger partial charge < -0.3 is 14.4 Å². The van der Waals surface area contributed by atoms with Crippen molar-refractivity contribution < 1.29 is 14.3 Å². The molecule has 1 amide bonds. The monoisotopic (exact) mass is 319 g/mol. The largest absolute Gasteiger partial charge is 0.480 e. The van der Waals surface area contributed by atoms with Crippen molar-refractivity contribution in [2.24, 2.45) is 0 Å². The van der Waals surface area contributed by atoms with Crippen molar-refractivity contribution in [2.75, 3.05) is 26.9 Å². The molecule has 0 spiro atoms. The van der Waals surface area contributed by atoms with E-state index in [4.69, 9.17) is 9.47 Å². The number of nitrogens with zero attached hydrogens (tertiary/aromatic N) is 3. The normalized spacial score (nSPS) is 18.3. The zero-order valence-corrected chi connectivity index (χ0v) is 13.3. The van der Waals surface area contributed by atoms with Gasteiger partial charge in [0.2, 0.25) is 5.88 Å². The lowest BCUT2D eigenvalue weighted by atomic mass is 10.1. The molecule has 0 N–H and O–H groups in total. The SMILES string of the molecule is COc1ncccc1C(=O)N1CCOC[C@@H]1c1csc(C)n1. The topological polar surface area (TPSA) is 64.5 Å². The molecule has 2 aromatic rings. The minimum atomic E-state index is -0.170. The van der Waals surface area contributed by atoms with Gasteiger partial charge in [-0.25, -0.2) is 9.97 Å². The molecule has 0 unspecified atom stereocenters. The van der Waals surface area contributed by atoms with Crippen LogP contribution in [-0.4, -0.2) is 47.6 Å². The van der Waals surface area contributed by atoms with Crippen LogP contribution in [0.3, 0.4) is 0 Å². The van der Waals surface area contributed by atoms with E-state index >= 15 is 0 Å². The number of ether oxygens (including phenoxy) is 2. The quantitative estimate of drug-likeness (QED) is 0.866. The van der Waals surface area contributed by atoms with Crippen LogP contribution in [0.15, 0.2) is 23.7 Å². The van der Waals surface area contributed by atoms with Gasteiger partial charge in [0.05, 0.1) is 37.1 Å². The molecule has 0 saturated carbocycles. The van der Waals surface area contributed by atoms with Crippen molar-refractivity contribution in [3.8, 4) is 5.88 Å². The van der Waals surface area contributed by atoms with Crippen molar-refractivity contribution >= 4 is 17.2 Å². The Hall–Kier alpha value is -1.99. The number of amides is 1. The van der Waals surface area contributed by atoms with Crippen molar-refractivity contribution in [1.82, 2.24) is 14.9 Å². The Balaban J connectivity index is 1.91. The first-order chi connectivity index (χ1) is 10.7. The molecule has 22 heavy (non-hydrogen) atoms. The fourth-order valence-electron chi connectivity index (χ4n) is 2.50. The lowest BCUT2D eigenvalue weighted by Crippen LogP contribution is -2.43. The van der Waals surface area contributed by atoms with Crippen molar-refractivity contribution in [3.63, 3.8) is 0 Å². The molecule has 0 aromatic carbocycles. The minimum Gasteiger partial charge on any atom is -0.480 e.